The Kier molecular flexibility index (Phi) is 6.62. The zero-order chi connectivity index (χ0) is 22.7. The van der Waals surface area contributed by atoms with E-state index in [2.05, 4.69) is 29.3 Å². The summed E-state index contributed by atoms with van der Waals surface area (Å²) in [6.07, 6.45) is 2.24. The van der Waals surface area contributed by atoms with Crippen LogP contribution < -0.4 is 9.62 Å². The first-order valence-electron chi connectivity index (χ1n) is 11.1. The third kappa shape index (κ3) is 4.86. The number of carbonyl (C=O) groups is 2. The molecule has 2 aromatic rings. The molecule has 7 nitrogen and oxygen atoms in total. The molecule has 0 unspecified atom stereocenters. The summed E-state index contributed by atoms with van der Waals surface area (Å²) < 4.78 is 25.3. The lowest BCUT2D eigenvalue weighted by molar-refractivity contribution is -0.116. The Hall–Kier alpha value is -2.71. The second-order valence-corrected chi connectivity index (χ2v) is 10.6. The summed E-state index contributed by atoms with van der Waals surface area (Å²) in [7, 11) is -3.67. The van der Waals surface area contributed by atoms with Gasteiger partial charge in [-0.1, -0.05) is 43.3 Å². The quantitative estimate of drug-likeness (QED) is 0.724. The largest absolute Gasteiger partial charge is 0.350 e. The van der Waals surface area contributed by atoms with E-state index < -0.39 is 15.9 Å². The van der Waals surface area contributed by atoms with Gasteiger partial charge in [-0.25, -0.2) is 12.7 Å². The van der Waals surface area contributed by atoms with E-state index in [4.69, 9.17) is 0 Å². The molecule has 0 radical (unpaired) electrons. The zero-order valence-corrected chi connectivity index (χ0v) is 19.1. The molecule has 2 aromatic carbocycles. The third-order valence-corrected chi connectivity index (χ3v) is 8.01. The van der Waals surface area contributed by atoms with Crippen molar-refractivity contribution in [2.45, 2.75) is 32.2 Å². The minimum absolute atomic E-state index is 0.0357. The van der Waals surface area contributed by atoms with E-state index in [1.54, 1.807) is 18.2 Å². The van der Waals surface area contributed by atoms with Crippen molar-refractivity contribution in [1.29, 1.82) is 0 Å². The fraction of sp³-hybridized carbons (Fsp3) is 0.417. The van der Waals surface area contributed by atoms with Crippen LogP contribution in [0.5, 0.6) is 0 Å². The first kappa shape index (κ1) is 22.5. The average molecular weight is 456 g/mol. The molecular weight excluding hydrogens is 426 g/mol. The number of hydrogen-bond donors (Lipinski definition) is 1. The summed E-state index contributed by atoms with van der Waals surface area (Å²) >= 11 is 0. The van der Waals surface area contributed by atoms with Crippen molar-refractivity contribution >= 4 is 27.5 Å². The Bertz CT molecular complexity index is 1080. The molecule has 170 valence electrons. The Morgan fingerprint density at radius 1 is 1.09 bits per heavy atom. The molecule has 1 N–H and O–H groups in total. The number of nitrogens with one attached hydrogen (secondary N) is 1. The number of sulfonamides is 1. The maximum absolute atomic E-state index is 12.9. The van der Waals surface area contributed by atoms with Crippen LogP contribution in [0.1, 0.15) is 48.1 Å². The smallest absolute Gasteiger partial charge is 0.251 e. The predicted molar refractivity (Wildman–Crippen MR) is 124 cm³/mol. The van der Waals surface area contributed by atoms with Crippen molar-refractivity contribution < 1.29 is 18.0 Å². The minimum Gasteiger partial charge on any atom is -0.350 e. The van der Waals surface area contributed by atoms with Gasteiger partial charge in [0.05, 0.1) is 17.5 Å². The van der Waals surface area contributed by atoms with Gasteiger partial charge in [0, 0.05) is 18.5 Å². The van der Waals surface area contributed by atoms with Gasteiger partial charge in [-0.2, -0.15) is 0 Å². The Balaban J connectivity index is 1.49. The van der Waals surface area contributed by atoms with Crippen LogP contribution in [0.15, 0.2) is 54.6 Å². The number of piperidine rings is 1. The molecule has 2 aliphatic heterocycles. The number of anilines is 1. The van der Waals surface area contributed by atoms with Gasteiger partial charge in [-0.3, -0.25) is 14.5 Å². The van der Waals surface area contributed by atoms with Gasteiger partial charge < -0.3 is 5.32 Å². The number of nitrogens with zero attached hydrogens (tertiary/aromatic N) is 2. The summed E-state index contributed by atoms with van der Waals surface area (Å²) in [6.45, 7) is 4.69. The van der Waals surface area contributed by atoms with E-state index in [1.807, 2.05) is 18.2 Å². The molecular formula is C24H29N3O4S. The first-order chi connectivity index (χ1) is 15.3. The fourth-order valence-corrected chi connectivity index (χ4v) is 5.86. The number of hydrogen-bond acceptors (Lipinski definition) is 5. The van der Waals surface area contributed by atoms with Gasteiger partial charge in [-0.15, -0.1) is 0 Å². The van der Waals surface area contributed by atoms with Crippen molar-refractivity contribution in [3.8, 4) is 0 Å². The maximum atomic E-state index is 12.9. The number of likely N-dealkylation sites (tertiary alicyclic amines) is 1. The van der Waals surface area contributed by atoms with Crippen molar-refractivity contribution in [3.05, 3.63) is 65.7 Å². The standard InChI is InChI=1S/C24H29N3O4S/c1-18-10-13-26(14-11-18)22(19-6-3-2-4-7-19)17-25-24(29)20-8-5-9-21(16-20)27-23(28)12-15-32(27,30)31/h2-9,16,18,22H,10-15,17H2,1H3,(H,25,29)/t22-/m0/s1. The van der Waals surface area contributed by atoms with E-state index in [9.17, 15) is 18.0 Å². The van der Waals surface area contributed by atoms with Gasteiger partial charge >= 0.3 is 0 Å². The molecule has 0 aliphatic carbocycles. The van der Waals surface area contributed by atoms with Crippen LogP contribution in [-0.4, -0.2) is 50.5 Å². The first-order valence-corrected chi connectivity index (χ1v) is 12.7. The molecule has 0 saturated carbocycles. The topological polar surface area (TPSA) is 86.8 Å². The molecule has 2 aliphatic rings. The summed E-state index contributed by atoms with van der Waals surface area (Å²) in [4.78, 5) is 27.4. The monoisotopic (exact) mass is 455 g/mol. The molecule has 2 saturated heterocycles. The van der Waals surface area contributed by atoms with E-state index in [-0.39, 0.29) is 29.8 Å². The lowest BCUT2D eigenvalue weighted by Gasteiger charge is -2.37. The number of amides is 2. The molecule has 0 bridgehead atoms. The van der Waals surface area contributed by atoms with Crippen LogP contribution in [0, 0.1) is 5.92 Å². The van der Waals surface area contributed by atoms with E-state index in [0.717, 1.165) is 35.8 Å². The summed E-state index contributed by atoms with van der Waals surface area (Å²) in [5.74, 6) is -0.243. The molecule has 0 aromatic heterocycles. The highest BCUT2D eigenvalue weighted by Crippen LogP contribution is 2.28. The Morgan fingerprint density at radius 2 is 1.81 bits per heavy atom. The van der Waals surface area contributed by atoms with Gasteiger partial charge in [-0.05, 0) is 55.6 Å². The van der Waals surface area contributed by atoms with Crippen LogP contribution in [0.4, 0.5) is 5.69 Å². The number of carbonyl (C=O) groups excluding carboxylic acids is 2. The zero-order valence-electron chi connectivity index (χ0n) is 18.2. The summed E-state index contributed by atoms with van der Waals surface area (Å²) in [5.41, 5.74) is 1.70. The van der Waals surface area contributed by atoms with Crippen LogP contribution in [0.2, 0.25) is 0 Å². The van der Waals surface area contributed by atoms with Crippen LogP contribution in [0.3, 0.4) is 0 Å². The summed E-state index contributed by atoms with van der Waals surface area (Å²) in [6, 6.07) is 16.5. The van der Waals surface area contributed by atoms with E-state index in [1.165, 1.54) is 6.07 Å². The van der Waals surface area contributed by atoms with E-state index >= 15 is 0 Å². The highest BCUT2D eigenvalue weighted by atomic mass is 32.2. The SMILES string of the molecule is CC1CCN([C@@H](CNC(=O)c2cccc(N3C(=O)CCS3(=O)=O)c2)c2ccccc2)CC1. The highest BCUT2D eigenvalue weighted by Gasteiger charge is 2.36. The lowest BCUT2D eigenvalue weighted by atomic mass is 9.95. The Morgan fingerprint density at radius 3 is 2.47 bits per heavy atom. The van der Waals surface area contributed by atoms with Crippen LogP contribution in [-0.2, 0) is 14.8 Å². The third-order valence-electron chi connectivity index (χ3n) is 6.32. The van der Waals surface area contributed by atoms with Gasteiger partial charge in [0.15, 0.2) is 0 Å². The lowest BCUT2D eigenvalue weighted by Crippen LogP contribution is -2.42. The van der Waals surface area contributed by atoms with Crippen molar-refractivity contribution in [2.75, 3.05) is 29.7 Å². The Labute approximate surface area is 189 Å². The second-order valence-electron chi connectivity index (χ2n) is 8.63. The van der Waals surface area contributed by atoms with Crippen LogP contribution >= 0.6 is 0 Å². The molecule has 2 heterocycles. The number of benzene rings is 2. The second kappa shape index (κ2) is 9.42. The fourth-order valence-electron chi connectivity index (χ4n) is 4.41. The van der Waals surface area contributed by atoms with Crippen LogP contribution in [0.25, 0.3) is 0 Å². The molecule has 4 rings (SSSR count). The molecule has 8 heteroatoms. The molecule has 2 amide bonds. The molecule has 32 heavy (non-hydrogen) atoms. The molecule has 2 fully saturated rings. The average Bonchev–Trinajstić information content (AvgIpc) is 3.07. The van der Waals surface area contributed by atoms with Gasteiger partial charge in [0.25, 0.3) is 5.91 Å². The van der Waals surface area contributed by atoms with Gasteiger partial charge in [0.1, 0.15) is 0 Å². The minimum atomic E-state index is -3.67. The normalized spacial score (nSPS) is 20.3. The number of rotatable bonds is 6. The maximum Gasteiger partial charge on any atom is 0.251 e. The predicted octanol–water partition coefficient (Wildman–Crippen LogP) is 2.96. The molecule has 1 atom stereocenters. The van der Waals surface area contributed by atoms with Crippen molar-refractivity contribution in [2.24, 2.45) is 5.92 Å². The van der Waals surface area contributed by atoms with E-state index in [0.29, 0.717) is 18.0 Å². The highest BCUT2D eigenvalue weighted by molar-refractivity contribution is 7.94. The van der Waals surface area contributed by atoms with Gasteiger partial charge in [0.2, 0.25) is 15.9 Å². The van der Waals surface area contributed by atoms with Crippen molar-refractivity contribution in [3.63, 3.8) is 0 Å². The van der Waals surface area contributed by atoms with Crippen molar-refractivity contribution in [1.82, 2.24) is 10.2 Å². The molecule has 0 spiro atoms. The summed E-state index contributed by atoms with van der Waals surface area (Å²) in [5, 5.41) is 3.02.